The van der Waals surface area contributed by atoms with Crippen molar-refractivity contribution in [1.29, 1.82) is 0 Å². The van der Waals surface area contributed by atoms with Crippen LogP contribution in [-0.4, -0.2) is 23.1 Å². The number of anilines is 2. The average molecular weight is 242 g/mol. The van der Waals surface area contributed by atoms with Crippen molar-refractivity contribution in [3.8, 4) is 0 Å². The predicted molar refractivity (Wildman–Crippen MR) is 76.7 cm³/mol. The molecule has 0 aliphatic heterocycles. The van der Waals surface area contributed by atoms with Gasteiger partial charge < -0.3 is 10.6 Å². The van der Waals surface area contributed by atoms with Gasteiger partial charge in [0, 0.05) is 13.1 Å². The maximum Gasteiger partial charge on any atom is 0.172 e. The Morgan fingerprint density at radius 2 is 1.94 bits per heavy atom. The summed E-state index contributed by atoms with van der Waals surface area (Å²) in [5.74, 6) is 1.22. The van der Waals surface area contributed by atoms with E-state index in [4.69, 9.17) is 5.73 Å². The van der Waals surface area contributed by atoms with Gasteiger partial charge in [0.1, 0.15) is 0 Å². The summed E-state index contributed by atoms with van der Waals surface area (Å²) in [6.07, 6.45) is 2.88. The number of hydrogen-bond acceptors (Lipinski definition) is 4. The molecule has 1 aromatic heterocycles. The molecular weight excluding hydrogens is 224 g/mol. The number of benzene rings is 1. The Labute approximate surface area is 107 Å². The van der Waals surface area contributed by atoms with E-state index in [0.717, 1.165) is 36.4 Å². The zero-order chi connectivity index (χ0) is 13.0. The van der Waals surface area contributed by atoms with Gasteiger partial charge in [-0.1, -0.05) is 25.1 Å². The van der Waals surface area contributed by atoms with E-state index < -0.39 is 0 Å². The van der Waals surface area contributed by atoms with Gasteiger partial charge in [-0.3, -0.25) is 0 Å². The third kappa shape index (κ3) is 2.42. The molecule has 2 rings (SSSR count). The van der Waals surface area contributed by atoms with Crippen LogP contribution in [0, 0.1) is 0 Å². The number of fused-ring (bicyclic) bond motifs is 1. The summed E-state index contributed by atoms with van der Waals surface area (Å²) in [6, 6.07) is 7.75. The molecule has 4 heteroatoms. The first-order valence-electron chi connectivity index (χ1n) is 6.14. The summed E-state index contributed by atoms with van der Waals surface area (Å²) in [5.41, 5.74) is 7.69. The minimum absolute atomic E-state index is 0.476. The molecule has 4 nitrogen and oxygen atoms in total. The number of aromatic nitrogens is 2. The van der Waals surface area contributed by atoms with Crippen molar-refractivity contribution in [2.45, 2.75) is 13.3 Å². The number of nitrogens with zero attached hydrogens (tertiary/aromatic N) is 3. The van der Waals surface area contributed by atoms with E-state index in [0.29, 0.717) is 5.82 Å². The van der Waals surface area contributed by atoms with Gasteiger partial charge in [-0.2, -0.15) is 0 Å². The number of nitrogens with two attached hydrogens (primary N) is 1. The molecule has 1 aromatic carbocycles. The first-order chi connectivity index (χ1) is 8.76. The molecule has 0 radical (unpaired) electrons. The third-order valence-electron chi connectivity index (χ3n) is 2.72. The first-order valence-corrected chi connectivity index (χ1v) is 6.14. The molecule has 18 heavy (non-hydrogen) atoms. The molecule has 0 amide bonds. The van der Waals surface area contributed by atoms with Crippen molar-refractivity contribution in [3.63, 3.8) is 0 Å². The van der Waals surface area contributed by atoms with Gasteiger partial charge in [0.05, 0.1) is 11.0 Å². The van der Waals surface area contributed by atoms with E-state index in [1.165, 1.54) is 0 Å². The van der Waals surface area contributed by atoms with Crippen molar-refractivity contribution >= 4 is 22.7 Å². The summed E-state index contributed by atoms with van der Waals surface area (Å²) in [7, 11) is 0. The maximum atomic E-state index is 6.00. The second-order valence-electron chi connectivity index (χ2n) is 4.16. The van der Waals surface area contributed by atoms with Crippen LogP contribution in [0.5, 0.6) is 0 Å². The summed E-state index contributed by atoms with van der Waals surface area (Å²) >= 11 is 0. The van der Waals surface area contributed by atoms with Crippen LogP contribution in [0.15, 0.2) is 36.9 Å². The minimum atomic E-state index is 0.476. The second-order valence-corrected chi connectivity index (χ2v) is 4.16. The van der Waals surface area contributed by atoms with Crippen molar-refractivity contribution in [3.05, 3.63) is 36.9 Å². The fraction of sp³-hybridized carbons (Fsp3) is 0.286. The lowest BCUT2D eigenvalue weighted by atomic mass is 10.3. The van der Waals surface area contributed by atoms with Crippen LogP contribution in [0.4, 0.5) is 11.6 Å². The average Bonchev–Trinajstić information content (AvgIpc) is 2.38. The molecule has 1 heterocycles. The zero-order valence-electron chi connectivity index (χ0n) is 10.6. The van der Waals surface area contributed by atoms with Crippen LogP contribution >= 0.6 is 0 Å². The second kappa shape index (κ2) is 5.49. The molecule has 0 spiro atoms. The largest absolute Gasteiger partial charge is 0.381 e. The highest BCUT2D eigenvalue weighted by Gasteiger charge is 2.12. The van der Waals surface area contributed by atoms with E-state index in [1.54, 1.807) is 0 Å². The molecule has 0 saturated carbocycles. The highest BCUT2D eigenvalue weighted by atomic mass is 15.2. The molecule has 2 aromatic rings. The van der Waals surface area contributed by atoms with E-state index in [2.05, 4.69) is 28.4 Å². The fourth-order valence-corrected chi connectivity index (χ4v) is 1.95. The van der Waals surface area contributed by atoms with Gasteiger partial charge in [0.2, 0.25) is 0 Å². The van der Waals surface area contributed by atoms with Gasteiger partial charge in [0.25, 0.3) is 0 Å². The van der Waals surface area contributed by atoms with Crippen LogP contribution < -0.4 is 10.6 Å². The summed E-state index contributed by atoms with van der Waals surface area (Å²) in [6.45, 7) is 7.51. The smallest absolute Gasteiger partial charge is 0.172 e. The first kappa shape index (κ1) is 12.4. The Morgan fingerprint density at radius 1 is 1.28 bits per heavy atom. The molecule has 2 N–H and O–H groups in total. The predicted octanol–water partition coefficient (Wildman–Crippen LogP) is 2.61. The quantitative estimate of drug-likeness (QED) is 0.819. The van der Waals surface area contributed by atoms with E-state index in [-0.39, 0.29) is 0 Å². The van der Waals surface area contributed by atoms with Gasteiger partial charge in [0.15, 0.2) is 11.6 Å². The lowest BCUT2D eigenvalue weighted by Crippen LogP contribution is -2.26. The Morgan fingerprint density at radius 3 is 2.56 bits per heavy atom. The highest BCUT2D eigenvalue weighted by molar-refractivity contribution is 5.79. The molecule has 94 valence electrons. The molecule has 0 bridgehead atoms. The maximum absolute atomic E-state index is 6.00. The molecule has 0 atom stereocenters. The molecular formula is C14H18N4. The standard InChI is InChI=1S/C14H18N4/c1-3-9-18(10-4-2)14-13(15)16-11-7-5-6-8-12(11)17-14/h3,5-8H,1,4,9-10H2,2H3,(H2,15,16). The van der Waals surface area contributed by atoms with Crippen LogP contribution in [0.2, 0.25) is 0 Å². The minimum Gasteiger partial charge on any atom is -0.381 e. The van der Waals surface area contributed by atoms with Crippen molar-refractivity contribution < 1.29 is 0 Å². The van der Waals surface area contributed by atoms with Gasteiger partial charge >= 0.3 is 0 Å². The molecule has 0 aliphatic carbocycles. The monoisotopic (exact) mass is 242 g/mol. The fourth-order valence-electron chi connectivity index (χ4n) is 1.95. The van der Waals surface area contributed by atoms with Gasteiger partial charge in [-0.25, -0.2) is 9.97 Å². The molecule has 0 fully saturated rings. The normalized spacial score (nSPS) is 10.5. The van der Waals surface area contributed by atoms with Crippen molar-refractivity contribution in [2.75, 3.05) is 23.7 Å². The number of nitrogen functional groups attached to an aromatic ring is 1. The molecule has 0 unspecified atom stereocenters. The topological polar surface area (TPSA) is 55.0 Å². The lowest BCUT2D eigenvalue weighted by molar-refractivity contribution is 0.804. The highest BCUT2D eigenvalue weighted by Crippen LogP contribution is 2.22. The number of rotatable bonds is 5. The number of para-hydroxylation sites is 2. The van der Waals surface area contributed by atoms with Gasteiger partial charge in [-0.15, -0.1) is 6.58 Å². The zero-order valence-corrected chi connectivity index (χ0v) is 10.6. The Balaban J connectivity index is 2.47. The number of hydrogen-bond donors (Lipinski definition) is 1. The van der Waals surface area contributed by atoms with Crippen molar-refractivity contribution in [2.24, 2.45) is 0 Å². The van der Waals surface area contributed by atoms with E-state index >= 15 is 0 Å². The Hall–Kier alpha value is -2.10. The Kier molecular flexibility index (Phi) is 3.77. The molecule has 0 aliphatic rings. The third-order valence-corrected chi connectivity index (χ3v) is 2.72. The lowest BCUT2D eigenvalue weighted by Gasteiger charge is -2.22. The van der Waals surface area contributed by atoms with Crippen LogP contribution in [-0.2, 0) is 0 Å². The van der Waals surface area contributed by atoms with Crippen LogP contribution in [0.25, 0.3) is 11.0 Å². The molecule has 0 saturated heterocycles. The SMILES string of the molecule is C=CCN(CCC)c1nc2ccccc2nc1N. The van der Waals surface area contributed by atoms with Crippen LogP contribution in [0.1, 0.15) is 13.3 Å². The van der Waals surface area contributed by atoms with Crippen LogP contribution in [0.3, 0.4) is 0 Å². The summed E-state index contributed by atoms with van der Waals surface area (Å²) in [5, 5.41) is 0. The van der Waals surface area contributed by atoms with E-state index in [1.807, 2.05) is 30.3 Å². The van der Waals surface area contributed by atoms with Crippen molar-refractivity contribution in [1.82, 2.24) is 9.97 Å². The summed E-state index contributed by atoms with van der Waals surface area (Å²) < 4.78 is 0. The van der Waals surface area contributed by atoms with E-state index in [9.17, 15) is 0 Å². The van der Waals surface area contributed by atoms with Gasteiger partial charge in [-0.05, 0) is 18.6 Å². The summed E-state index contributed by atoms with van der Waals surface area (Å²) in [4.78, 5) is 11.1. The Bertz CT molecular complexity index is 550.